The molecular formula is C23H36F4. The van der Waals surface area contributed by atoms with E-state index in [2.05, 4.69) is 0 Å². The molecule has 0 spiro atoms. The quantitative estimate of drug-likeness (QED) is 0.415. The third-order valence-corrected chi connectivity index (χ3v) is 7.73. The molecule has 4 heteroatoms. The number of allylic oxidation sites excluding steroid dienone is 2. The first-order valence-electron chi connectivity index (χ1n) is 11.4. The van der Waals surface area contributed by atoms with Crippen LogP contribution in [0.2, 0.25) is 0 Å². The molecule has 27 heavy (non-hydrogen) atoms. The zero-order chi connectivity index (χ0) is 19.3. The predicted octanol–water partition coefficient (Wildman–Crippen LogP) is 8.38. The maximum absolute atomic E-state index is 13.8. The number of hydrogen-bond acceptors (Lipinski definition) is 0. The lowest BCUT2D eigenvalue weighted by Crippen LogP contribution is -2.26. The molecule has 0 atom stereocenters. The molecule has 0 nitrogen and oxygen atoms in total. The van der Waals surface area contributed by atoms with E-state index >= 15 is 0 Å². The Balaban J connectivity index is 1.35. The number of rotatable bonds is 5. The van der Waals surface area contributed by atoms with Gasteiger partial charge in [-0.15, -0.1) is 0 Å². The average molecular weight is 389 g/mol. The van der Waals surface area contributed by atoms with Crippen molar-refractivity contribution in [1.82, 2.24) is 0 Å². The second kappa shape index (κ2) is 9.78. The molecule has 3 rings (SSSR count). The monoisotopic (exact) mass is 388 g/mol. The van der Waals surface area contributed by atoms with Crippen molar-refractivity contribution in [3.63, 3.8) is 0 Å². The molecule has 0 radical (unpaired) electrons. The molecule has 0 amide bonds. The molecule has 0 bridgehead atoms. The first-order chi connectivity index (χ1) is 12.9. The largest absolute Gasteiger partial charge is 0.412 e. The number of alkyl halides is 3. The summed E-state index contributed by atoms with van der Waals surface area (Å²) in [5.74, 6) is 1.76. The Kier molecular flexibility index (Phi) is 7.67. The molecule has 0 heterocycles. The van der Waals surface area contributed by atoms with Crippen molar-refractivity contribution in [3.05, 3.63) is 11.9 Å². The third-order valence-electron chi connectivity index (χ3n) is 7.73. The first kappa shape index (κ1) is 21.2. The van der Waals surface area contributed by atoms with Crippen LogP contribution in [0, 0.1) is 29.6 Å². The lowest BCUT2D eigenvalue weighted by molar-refractivity contribution is -0.0821. The molecule has 3 aliphatic rings. The molecule has 0 aliphatic heterocycles. The zero-order valence-electron chi connectivity index (χ0n) is 16.6. The standard InChI is InChI=1S/C23H36F4/c24-22(16-23(25,26)27)21-14-12-20(13-15-21)19-10-8-18(9-11-19)7-6-17-4-2-1-3-5-17/h16-21H,1-15H2/b22-16-. The zero-order valence-corrected chi connectivity index (χ0v) is 16.6. The van der Waals surface area contributed by atoms with Gasteiger partial charge in [0, 0.05) is 5.92 Å². The van der Waals surface area contributed by atoms with Crippen molar-refractivity contribution in [2.24, 2.45) is 29.6 Å². The van der Waals surface area contributed by atoms with Crippen LogP contribution in [0.4, 0.5) is 17.6 Å². The van der Waals surface area contributed by atoms with Crippen LogP contribution in [0.3, 0.4) is 0 Å². The Morgan fingerprint density at radius 1 is 0.667 bits per heavy atom. The van der Waals surface area contributed by atoms with Gasteiger partial charge in [-0.05, 0) is 62.2 Å². The number of halogens is 4. The second-order valence-electron chi connectivity index (χ2n) is 9.54. The highest BCUT2D eigenvalue weighted by Crippen LogP contribution is 2.44. The molecule has 3 aliphatic carbocycles. The maximum atomic E-state index is 13.8. The maximum Gasteiger partial charge on any atom is 0.412 e. The van der Waals surface area contributed by atoms with E-state index in [1.807, 2.05) is 0 Å². The lowest BCUT2D eigenvalue weighted by atomic mass is 9.68. The Morgan fingerprint density at radius 2 is 1.15 bits per heavy atom. The van der Waals surface area contributed by atoms with E-state index in [0.29, 0.717) is 18.8 Å². The smallest absolute Gasteiger partial charge is 0.212 e. The molecule has 3 saturated carbocycles. The lowest BCUT2D eigenvalue weighted by Gasteiger charge is -2.38. The van der Waals surface area contributed by atoms with Gasteiger partial charge in [0.05, 0.1) is 6.08 Å². The van der Waals surface area contributed by atoms with Gasteiger partial charge >= 0.3 is 6.18 Å². The summed E-state index contributed by atoms with van der Waals surface area (Å²) in [6.45, 7) is 0. The van der Waals surface area contributed by atoms with Crippen LogP contribution < -0.4 is 0 Å². The van der Waals surface area contributed by atoms with Crippen LogP contribution in [0.1, 0.15) is 96.3 Å². The highest BCUT2D eigenvalue weighted by Gasteiger charge is 2.34. The van der Waals surface area contributed by atoms with Gasteiger partial charge in [-0.25, -0.2) is 4.39 Å². The summed E-state index contributed by atoms with van der Waals surface area (Å²) >= 11 is 0. The van der Waals surface area contributed by atoms with Gasteiger partial charge in [-0.1, -0.05) is 57.8 Å². The van der Waals surface area contributed by atoms with Gasteiger partial charge in [0.1, 0.15) is 5.83 Å². The molecular weight excluding hydrogens is 352 g/mol. The summed E-state index contributed by atoms with van der Waals surface area (Å²) in [5, 5.41) is 0. The van der Waals surface area contributed by atoms with E-state index in [9.17, 15) is 17.6 Å². The third kappa shape index (κ3) is 6.78. The predicted molar refractivity (Wildman–Crippen MR) is 102 cm³/mol. The second-order valence-corrected chi connectivity index (χ2v) is 9.54. The fourth-order valence-electron chi connectivity index (χ4n) is 6.04. The van der Waals surface area contributed by atoms with Crippen LogP contribution in [0.25, 0.3) is 0 Å². The Bertz CT molecular complexity index is 459. The van der Waals surface area contributed by atoms with Crippen molar-refractivity contribution in [2.75, 3.05) is 0 Å². The number of hydrogen-bond donors (Lipinski definition) is 0. The molecule has 156 valence electrons. The summed E-state index contributed by atoms with van der Waals surface area (Å²) < 4.78 is 50.8. The molecule has 0 unspecified atom stereocenters. The van der Waals surface area contributed by atoms with Gasteiger partial charge in [-0.3, -0.25) is 0 Å². The van der Waals surface area contributed by atoms with Gasteiger partial charge in [0.2, 0.25) is 0 Å². The summed E-state index contributed by atoms with van der Waals surface area (Å²) in [5.41, 5.74) is 0. The fraction of sp³-hybridized carbons (Fsp3) is 0.913. The van der Waals surface area contributed by atoms with E-state index in [1.165, 1.54) is 70.6 Å². The van der Waals surface area contributed by atoms with Gasteiger partial charge in [0.25, 0.3) is 0 Å². The Labute approximate surface area is 162 Å². The minimum absolute atomic E-state index is 0.129. The Hall–Kier alpha value is -0.540. The highest BCUT2D eigenvalue weighted by molar-refractivity contribution is 5.03. The average Bonchev–Trinajstić information content (AvgIpc) is 2.66. The first-order valence-corrected chi connectivity index (χ1v) is 11.4. The van der Waals surface area contributed by atoms with E-state index in [-0.39, 0.29) is 6.08 Å². The van der Waals surface area contributed by atoms with E-state index < -0.39 is 17.9 Å². The fourth-order valence-corrected chi connectivity index (χ4v) is 6.04. The van der Waals surface area contributed by atoms with Crippen LogP contribution in [-0.4, -0.2) is 6.18 Å². The summed E-state index contributed by atoms with van der Waals surface area (Å²) in [6, 6.07) is 0. The molecule has 0 aromatic carbocycles. The van der Waals surface area contributed by atoms with Crippen molar-refractivity contribution in [1.29, 1.82) is 0 Å². The van der Waals surface area contributed by atoms with Crippen LogP contribution in [0.5, 0.6) is 0 Å². The summed E-state index contributed by atoms with van der Waals surface area (Å²) in [4.78, 5) is 0. The topological polar surface area (TPSA) is 0 Å². The molecule has 0 N–H and O–H groups in total. The van der Waals surface area contributed by atoms with Gasteiger partial charge in [0.15, 0.2) is 0 Å². The van der Waals surface area contributed by atoms with Crippen molar-refractivity contribution in [2.45, 2.75) is 102 Å². The minimum atomic E-state index is -4.53. The van der Waals surface area contributed by atoms with Crippen LogP contribution in [-0.2, 0) is 0 Å². The van der Waals surface area contributed by atoms with E-state index in [0.717, 1.165) is 30.6 Å². The highest BCUT2D eigenvalue weighted by atomic mass is 19.4. The summed E-state index contributed by atoms with van der Waals surface area (Å²) in [6.07, 6.45) is 13.6. The molecule has 0 aromatic heterocycles. The van der Waals surface area contributed by atoms with Crippen LogP contribution in [0.15, 0.2) is 11.9 Å². The van der Waals surface area contributed by atoms with Crippen molar-refractivity contribution < 1.29 is 17.6 Å². The molecule has 3 fully saturated rings. The molecule has 0 aromatic rings. The van der Waals surface area contributed by atoms with Crippen LogP contribution >= 0.6 is 0 Å². The normalized spacial score (nSPS) is 34.6. The van der Waals surface area contributed by atoms with E-state index in [4.69, 9.17) is 0 Å². The van der Waals surface area contributed by atoms with Crippen molar-refractivity contribution >= 4 is 0 Å². The molecule has 0 saturated heterocycles. The summed E-state index contributed by atoms with van der Waals surface area (Å²) in [7, 11) is 0. The Morgan fingerprint density at radius 3 is 1.67 bits per heavy atom. The van der Waals surface area contributed by atoms with Gasteiger partial charge in [-0.2, -0.15) is 13.2 Å². The van der Waals surface area contributed by atoms with Crippen molar-refractivity contribution in [3.8, 4) is 0 Å². The SMILES string of the molecule is F/C(=C\C(F)(F)F)C1CCC(C2CCC(CCC3CCCCC3)CC2)CC1. The minimum Gasteiger partial charge on any atom is -0.212 e. The van der Waals surface area contributed by atoms with E-state index in [1.54, 1.807) is 0 Å². The van der Waals surface area contributed by atoms with Gasteiger partial charge < -0.3 is 0 Å².